The smallest absolute Gasteiger partial charge is 0.410 e. The zero-order valence-corrected chi connectivity index (χ0v) is 12.3. The first-order chi connectivity index (χ1) is 10.0. The lowest BCUT2D eigenvalue weighted by molar-refractivity contribution is 0.0920. The number of carbonyl (C=O) groups is 1. The van der Waals surface area contributed by atoms with E-state index >= 15 is 0 Å². The monoisotopic (exact) mass is 288 g/mol. The highest BCUT2D eigenvalue weighted by molar-refractivity contribution is 5.83. The highest BCUT2D eigenvalue weighted by atomic mass is 16.6. The van der Waals surface area contributed by atoms with Gasteiger partial charge in [0.25, 0.3) is 0 Å². The Morgan fingerprint density at radius 1 is 1.43 bits per heavy atom. The average molecular weight is 288 g/mol. The second kappa shape index (κ2) is 5.07. The van der Waals surface area contributed by atoms with Crippen molar-refractivity contribution in [3.8, 4) is 0 Å². The van der Waals surface area contributed by atoms with E-state index in [1.807, 2.05) is 38.2 Å². The van der Waals surface area contributed by atoms with Gasteiger partial charge in [-0.05, 0) is 31.9 Å². The van der Waals surface area contributed by atoms with Crippen molar-refractivity contribution in [1.29, 1.82) is 0 Å². The Hall–Kier alpha value is -2.01. The summed E-state index contributed by atoms with van der Waals surface area (Å²) in [5, 5.41) is 10.3. The number of amides is 1. The van der Waals surface area contributed by atoms with Crippen molar-refractivity contribution in [1.82, 2.24) is 9.88 Å². The summed E-state index contributed by atoms with van der Waals surface area (Å²) in [6.07, 6.45) is 1.96. The summed E-state index contributed by atoms with van der Waals surface area (Å²) in [4.78, 5) is 16.9. The van der Waals surface area contributed by atoms with E-state index in [1.54, 1.807) is 4.90 Å². The van der Waals surface area contributed by atoms with Crippen molar-refractivity contribution in [2.75, 3.05) is 13.2 Å². The number of hydrogen-bond donors (Lipinski definition) is 2. The lowest BCUT2D eigenvalue weighted by Crippen LogP contribution is -2.46. The topological polar surface area (TPSA) is 65.6 Å². The zero-order valence-electron chi connectivity index (χ0n) is 12.3. The van der Waals surface area contributed by atoms with Gasteiger partial charge in [-0.2, -0.15) is 0 Å². The number of aromatic amines is 1. The van der Waals surface area contributed by atoms with Gasteiger partial charge in [0.1, 0.15) is 6.10 Å². The van der Waals surface area contributed by atoms with Crippen LogP contribution < -0.4 is 0 Å². The number of aromatic nitrogens is 1. The van der Waals surface area contributed by atoms with Gasteiger partial charge >= 0.3 is 6.09 Å². The number of rotatable bonds is 4. The van der Waals surface area contributed by atoms with Crippen LogP contribution in [0.3, 0.4) is 0 Å². The summed E-state index contributed by atoms with van der Waals surface area (Å²) < 4.78 is 5.15. The van der Waals surface area contributed by atoms with Crippen LogP contribution in [0, 0.1) is 0 Å². The summed E-state index contributed by atoms with van der Waals surface area (Å²) in [5.74, 6) is 0. The first-order valence-electron chi connectivity index (χ1n) is 7.15. The Morgan fingerprint density at radius 3 is 2.90 bits per heavy atom. The Kier molecular flexibility index (Phi) is 3.37. The first kappa shape index (κ1) is 13.9. The van der Waals surface area contributed by atoms with E-state index in [9.17, 15) is 4.79 Å². The van der Waals surface area contributed by atoms with Gasteiger partial charge in [-0.3, -0.25) is 4.90 Å². The molecule has 0 spiro atoms. The maximum Gasteiger partial charge on any atom is 0.410 e. The van der Waals surface area contributed by atoms with Crippen LogP contribution in [0.15, 0.2) is 30.5 Å². The molecule has 112 valence electrons. The molecule has 2 heterocycles. The second-order valence-corrected chi connectivity index (χ2v) is 6.15. The second-order valence-electron chi connectivity index (χ2n) is 6.15. The van der Waals surface area contributed by atoms with Crippen molar-refractivity contribution in [2.45, 2.75) is 31.9 Å². The fourth-order valence-electron chi connectivity index (χ4n) is 2.95. The van der Waals surface area contributed by atoms with Crippen LogP contribution in [-0.4, -0.2) is 45.9 Å². The molecule has 1 unspecified atom stereocenters. The predicted octanol–water partition coefficient (Wildman–Crippen LogP) is 2.30. The van der Waals surface area contributed by atoms with Crippen LogP contribution in [0.5, 0.6) is 0 Å². The molecule has 0 bridgehead atoms. The fourth-order valence-corrected chi connectivity index (χ4v) is 2.95. The quantitative estimate of drug-likeness (QED) is 0.907. The molecule has 21 heavy (non-hydrogen) atoms. The molecule has 1 aliphatic rings. The number of ether oxygens (including phenoxy) is 1. The lowest BCUT2D eigenvalue weighted by Gasteiger charge is -2.33. The summed E-state index contributed by atoms with van der Waals surface area (Å²) in [5.41, 5.74) is 1.91. The number of nitrogens with zero attached hydrogens (tertiary/aromatic N) is 1. The Labute approximate surface area is 123 Å². The number of fused-ring (bicyclic) bond motifs is 1. The maximum atomic E-state index is 12.0. The molecular weight excluding hydrogens is 268 g/mol. The Morgan fingerprint density at radius 2 is 2.19 bits per heavy atom. The zero-order chi connectivity index (χ0) is 15.0. The summed E-state index contributed by atoms with van der Waals surface area (Å²) >= 11 is 0. The molecule has 5 heteroatoms. The van der Waals surface area contributed by atoms with Crippen LogP contribution in [0.1, 0.15) is 19.4 Å². The van der Waals surface area contributed by atoms with Crippen LogP contribution in [-0.2, 0) is 11.2 Å². The Balaban J connectivity index is 1.84. The van der Waals surface area contributed by atoms with E-state index in [1.165, 1.54) is 10.9 Å². The minimum atomic E-state index is -0.417. The molecule has 1 fully saturated rings. The van der Waals surface area contributed by atoms with Gasteiger partial charge in [-0.25, -0.2) is 4.79 Å². The first-order valence-corrected chi connectivity index (χ1v) is 7.15. The van der Waals surface area contributed by atoms with Crippen molar-refractivity contribution in [3.63, 3.8) is 0 Å². The predicted molar refractivity (Wildman–Crippen MR) is 80.1 cm³/mol. The van der Waals surface area contributed by atoms with Gasteiger partial charge in [-0.15, -0.1) is 0 Å². The molecule has 2 N–H and O–H groups in total. The highest BCUT2D eigenvalue weighted by Gasteiger charge is 2.40. The van der Waals surface area contributed by atoms with E-state index in [0.29, 0.717) is 6.54 Å². The number of aliphatic hydroxyl groups is 1. The van der Waals surface area contributed by atoms with E-state index in [2.05, 4.69) is 11.1 Å². The van der Waals surface area contributed by atoms with Gasteiger partial charge in [-0.1, -0.05) is 18.2 Å². The van der Waals surface area contributed by atoms with E-state index in [-0.39, 0.29) is 18.2 Å². The van der Waals surface area contributed by atoms with Crippen LogP contribution in [0.25, 0.3) is 10.9 Å². The lowest BCUT2D eigenvalue weighted by atomic mass is 9.93. The van der Waals surface area contributed by atoms with Gasteiger partial charge in [0.15, 0.2) is 0 Å². The molecule has 1 aliphatic heterocycles. The molecule has 3 rings (SSSR count). The minimum Gasteiger partial charge on any atom is -0.442 e. The minimum absolute atomic E-state index is 0.134. The third-order valence-electron chi connectivity index (χ3n) is 4.11. The van der Waals surface area contributed by atoms with E-state index in [0.717, 1.165) is 11.9 Å². The largest absolute Gasteiger partial charge is 0.442 e. The van der Waals surface area contributed by atoms with Crippen molar-refractivity contribution >= 4 is 17.0 Å². The number of aliphatic hydroxyl groups excluding tert-OH is 1. The van der Waals surface area contributed by atoms with Gasteiger partial charge < -0.3 is 14.8 Å². The number of carbonyl (C=O) groups excluding carboxylic acids is 1. The van der Waals surface area contributed by atoms with E-state index in [4.69, 9.17) is 9.84 Å². The average Bonchev–Trinajstić information content (AvgIpc) is 3.03. The van der Waals surface area contributed by atoms with Gasteiger partial charge in [0.2, 0.25) is 0 Å². The van der Waals surface area contributed by atoms with Crippen LogP contribution in [0.2, 0.25) is 0 Å². The third kappa shape index (κ3) is 2.49. The molecule has 1 atom stereocenters. The van der Waals surface area contributed by atoms with Crippen molar-refractivity contribution in [3.05, 3.63) is 36.0 Å². The van der Waals surface area contributed by atoms with E-state index < -0.39 is 6.10 Å². The SMILES string of the molecule is CC(C)(Cc1c[nH]c2ccccc12)N1CC(CO)OC1=O. The molecule has 0 saturated carbocycles. The summed E-state index contributed by atoms with van der Waals surface area (Å²) in [7, 11) is 0. The number of nitrogens with one attached hydrogen (secondary N) is 1. The molecule has 2 aromatic rings. The number of H-pyrrole nitrogens is 1. The maximum absolute atomic E-state index is 12.0. The van der Waals surface area contributed by atoms with Crippen molar-refractivity contribution < 1.29 is 14.6 Å². The van der Waals surface area contributed by atoms with Gasteiger partial charge in [0, 0.05) is 22.6 Å². The molecule has 5 nitrogen and oxygen atoms in total. The summed E-state index contributed by atoms with van der Waals surface area (Å²) in [6.45, 7) is 4.35. The van der Waals surface area contributed by atoms with Crippen molar-refractivity contribution in [2.24, 2.45) is 0 Å². The van der Waals surface area contributed by atoms with Crippen LogP contribution >= 0.6 is 0 Å². The molecule has 1 aromatic carbocycles. The summed E-state index contributed by atoms with van der Waals surface area (Å²) in [6, 6.07) is 8.13. The highest BCUT2D eigenvalue weighted by Crippen LogP contribution is 2.29. The van der Waals surface area contributed by atoms with Gasteiger partial charge in [0.05, 0.1) is 13.2 Å². The normalized spacial score (nSPS) is 19.3. The number of cyclic esters (lactones) is 1. The standard InChI is InChI=1S/C16H20N2O3/c1-16(2,18-9-12(10-19)21-15(18)20)7-11-8-17-14-6-4-3-5-13(11)14/h3-6,8,12,17,19H,7,9-10H2,1-2H3. The number of para-hydroxylation sites is 1. The number of benzene rings is 1. The molecule has 0 aliphatic carbocycles. The Bertz CT molecular complexity index is 662. The third-order valence-corrected chi connectivity index (χ3v) is 4.11. The van der Waals surface area contributed by atoms with Crippen LogP contribution in [0.4, 0.5) is 4.79 Å². The molecule has 1 amide bonds. The molecule has 1 saturated heterocycles. The molecular formula is C16H20N2O3. The fraction of sp³-hybridized carbons (Fsp3) is 0.438. The number of hydrogen-bond acceptors (Lipinski definition) is 3. The molecule has 0 radical (unpaired) electrons. The molecule has 1 aromatic heterocycles.